The Morgan fingerprint density at radius 2 is 1.89 bits per heavy atom. The van der Waals surface area contributed by atoms with E-state index in [-0.39, 0.29) is 11.8 Å². The van der Waals surface area contributed by atoms with Crippen LogP contribution in [0.15, 0.2) is 24.3 Å². The summed E-state index contributed by atoms with van der Waals surface area (Å²) in [5.74, 6) is 0.795. The molecule has 1 N–H and O–H groups in total. The number of alkyl carbamates (subject to hydrolysis) is 1. The fraction of sp³-hybridized carbons (Fsp3) is 0.636. The third-order valence-corrected chi connectivity index (χ3v) is 6.82. The van der Waals surface area contributed by atoms with Gasteiger partial charge in [-0.05, 0) is 62.3 Å². The maximum Gasteiger partial charge on any atom is 0.407 e. The lowest BCUT2D eigenvalue weighted by molar-refractivity contribution is -0.139. The summed E-state index contributed by atoms with van der Waals surface area (Å²) < 4.78 is 4.98. The van der Waals surface area contributed by atoms with Crippen LogP contribution in [0.2, 0.25) is 0 Å². The van der Waals surface area contributed by atoms with Crippen molar-refractivity contribution in [1.29, 1.82) is 0 Å². The lowest BCUT2D eigenvalue weighted by Crippen LogP contribution is -2.50. The van der Waals surface area contributed by atoms with Crippen LogP contribution in [-0.4, -0.2) is 43.1 Å². The summed E-state index contributed by atoms with van der Waals surface area (Å²) in [5, 5.41) is 2.71. The van der Waals surface area contributed by atoms with Crippen molar-refractivity contribution >= 4 is 12.0 Å². The van der Waals surface area contributed by atoms with Crippen LogP contribution in [-0.2, 0) is 9.53 Å². The minimum absolute atomic E-state index is 0.103. The molecule has 0 unspecified atom stereocenters. The van der Waals surface area contributed by atoms with E-state index in [1.165, 1.54) is 24.0 Å². The van der Waals surface area contributed by atoms with Crippen molar-refractivity contribution in [2.45, 2.75) is 51.4 Å². The number of carbonyl (C=O) groups excluding carboxylic acids is 2. The van der Waals surface area contributed by atoms with E-state index < -0.39 is 6.09 Å². The molecule has 0 bridgehead atoms. The number of hydrogen-bond donors (Lipinski definition) is 1. The molecular weight excluding hydrogens is 340 g/mol. The zero-order valence-electron chi connectivity index (χ0n) is 16.2. The molecule has 3 aliphatic rings. The Bertz CT molecular complexity index is 684. The van der Waals surface area contributed by atoms with Crippen LogP contribution in [0.4, 0.5) is 4.79 Å². The van der Waals surface area contributed by atoms with Crippen molar-refractivity contribution in [3.8, 4) is 0 Å². The Morgan fingerprint density at radius 3 is 2.59 bits per heavy atom. The van der Waals surface area contributed by atoms with E-state index in [1.807, 2.05) is 4.90 Å². The van der Waals surface area contributed by atoms with Gasteiger partial charge in [0.05, 0.1) is 12.5 Å². The van der Waals surface area contributed by atoms with Gasteiger partial charge in [-0.25, -0.2) is 4.79 Å². The zero-order chi connectivity index (χ0) is 18.9. The summed E-state index contributed by atoms with van der Waals surface area (Å²) >= 11 is 0. The van der Waals surface area contributed by atoms with Crippen molar-refractivity contribution in [3.63, 3.8) is 0 Å². The number of rotatable bonds is 2. The van der Waals surface area contributed by atoms with Gasteiger partial charge in [-0.2, -0.15) is 0 Å². The number of cyclic esters (lactones) is 1. The van der Waals surface area contributed by atoms with Crippen molar-refractivity contribution < 1.29 is 14.3 Å². The van der Waals surface area contributed by atoms with Gasteiger partial charge in [-0.15, -0.1) is 0 Å². The first kappa shape index (κ1) is 18.3. The Morgan fingerprint density at radius 1 is 1.19 bits per heavy atom. The lowest BCUT2D eigenvalue weighted by atomic mass is 9.56. The number of piperidine rings is 1. The highest BCUT2D eigenvalue weighted by Gasteiger charge is 2.47. The van der Waals surface area contributed by atoms with Gasteiger partial charge in [0.2, 0.25) is 5.91 Å². The number of amides is 2. The van der Waals surface area contributed by atoms with Gasteiger partial charge in [0.15, 0.2) is 0 Å². The average molecular weight is 370 g/mol. The fourth-order valence-electron chi connectivity index (χ4n) is 4.99. The van der Waals surface area contributed by atoms with Crippen LogP contribution < -0.4 is 5.32 Å². The molecule has 1 aromatic carbocycles. The molecule has 1 saturated carbocycles. The predicted molar refractivity (Wildman–Crippen MR) is 103 cm³/mol. The molecule has 2 amide bonds. The molecule has 27 heavy (non-hydrogen) atoms. The summed E-state index contributed by atoms with van der Waals surface area (Å²) in [4.78, 5) is 26.3. The topological polar surface area (TPSA) is 58.6 Å². The summed E-state index contributed by atoms with van der Waals surface area (Å²) in [5.41, 5.74) is 3.23. The predicted octanol–water partition coefficient (Wildman–Crippen LogP) is 3.62. The number of likely N-dealkylation sites (tertiary alicyclic amines) is 1. The molecule has 1 aliphatic carbocycles. The highest BCUT2D eigenvalue weighted by molar-refractivity contribution is 5.80. The second kappa shape index (κ2) is 7.53. The maximum atomic E-state index is 12.9. The van der Waals surface area contributed by atoms with E-state index in [0.29, 0.717) is 24.5 Å². The zero-order valence-corrected chi connectivity index (χ0v) is 16.2. The Kier molecular flexibility index (Phi) is 5.11. The van der Waals surface area contributed by atoms with E-state index in [1.54, 1.807) is 0 Å². The highest BCUT2D eigenvalue weighted by atomic mass is 16.5. The molecule has 0 radical (unpaired) electrons. The van der Waals surface area contributed by atoms with Crippen LogP contribution in [0.1, 0.15) is 55.6 Å². The first-order valence-corrected chi connectivity index (χ1v) is 10.3. The van der Waals surface area contributed by atoms with Crippen LogP contribution >= 0.6 is 0 Å². The third kappa shape index (κ3) is 3.97. The van der Waals surface area contributed by atoms with E-state index >= 15 is 0 Å². The number of hydrogen-bond acceptors (Lipinski definition) is 3. The Labute approximate surface area is 161 Å². The Balaban J connectivity index is 1.28. The molecule has 2 aliphatic heterocycles. The van der Waals surface area contributed by atoms with Crippen LogP contribution in [0.25, 0.3) is 0 Å². The van der Waals surface area contributed by atoms with Crippen LogP contribution in [0, 0.1) is 18.3 Å². The molecule has 2 saturated heterocycles. The van der Waals surface area contributed by atoms with Crippen LogP contribution in [0.3, 0.4) is 0 Å². The van der Waals surface area contributed by atoms with Gasteiger partial charge in [0.25, 0.3) is 0 Å². The number of nitrogens with zero attached hydrogens (tertiary/aromatic N) is 1. The van der Waals surface area contributed by atoms with Gasteiger partial charge in [0, 0.05) is 19.6 Å². The van der Waals surface area contributed by atoms with Crippen molar-refractivity contribution in [3.05, 3.63) is 35.4 Å². The molecular formula is C22H30N2O3. The minimum atomic E-state index is -0.401. The number of ether oxygens (including phenoxy) is 1. The standard InChI is InChI=1S/C22H30N2O3/c1-16-4-6-17(7-5-16)19-13-22(14-19)8-10-24(11-9-22)20(25)18-3-2-12-27-21(26)23-15-18/h4-7,18-19H,2-3,8-15H2,1H3,(H,23,26)/t18-/m1/s1. The second-order valence-electron chi connectivity index (χ2n) is 8.70. The molecule has 5 heteroatoms. The summed E-state index contributed by atoms with van der Waals surface area (Å²) in [7, 11) is 0. The molecule has 2 heterocycles. The first-order chi connectivity index (χ1) is 13.0. The largest absolute Gasteiger partial charge is 0.450 e. The average Bonchev–Trinajstić information content (AvgIpc) is 2.64. The minimum Gasteiger partial charge on any atom is -0.450 e. The SMILES string of the molecule is Cc1ccc(C2CC3(CCN(C(=O)[C@@H]4CCCOC(=O)NC4)CC3)C2)cc1. The van der Waals surface area contributed by atoms with Crippen molar-refractivity contribution in [2.24, 2.45) is 11.3 Å². The molecule has 3 fully saturated rings. The lowest BCUT2D eigenvalue weighted by Gasteiger charge is -2.53. The molecule has 5 nitrogen and oxygen atoms in total. The van der Waals surface area contributed by atoms with Gasteiger partial charge >= 0.3 is 6.09 Å². The monoisotopic (exact) mass is 370 g/mol. The fourth-order valence-corrected chi connectivity index (χ4v) is 4.99. The smallest absolute Gasteiger partial charge is 0.407 e. The van der Waals surface area contributed by atoms with Gasteiger partial charge < -0.3 is 15.0 Å². The molecule has 1 atom stereocenters. The molecule has 1 aromatic rings. The normalized spacial score (nSPS) is 25.7. The molecule has 0 aromatic heterocycles. The molecule has 146 valence electrons. The quantitative estimate of drug-likeness (QED) is 0.865. The van der Waals surface area contributed by atoms with Gasteiger partial charge in [0.1, 0.15) is 0 Å². The number of aryl methyl sites for hydroxylation is 1. The number of benzene rings is 1. The van der Waals surface area contributed by atoms with Gasteiger partial charge in [-0.3, -0.25) is 4.79 Å². The number of nitrogens with one attached hydrogen (secondary N) is 1. The van der Waals surface area contributed by atoms with E-state index in [2.05, 4.69) is 36.5 Å². The van der Waals surface area contributed by atoms with E-state index in [9.17, 15) is 9.59 Å². The van der Waals surface area contributed by atoms with Crippen LogP contribution in [0.5, 0.6) is 0 Å². The highest BCUT2D eigenvalue weighted by Crippen LogP contribution is 2.56. The summed E-state index contributed by atoms with van der Waals surface area (Å²) in [6.45, 7) is 4.65. The van der Waals surface area contributed by atoms with Gasteiger partial charge in [-0.1, -0.05) is 29.8 Å². The second-order valence-corrected chi connectivity index (χ2v) is 8.70. The summed E-state index contributed by atoms with van der Waals surface area (Å²) in [6, 6.07) is 8.97. The molecule has 4 rings (SSSR count). The van der Waals surface area contributed by atoms with E-state index in [0.717, 1.165) is 38.8 Å². The van der Waals surface area contributed by atoms with E-state index in [4.69, 9.17) is 4.74 Å². The first-order valence-electron chi connectivity index (χ1n) is 10.3. The molecule has 1 spiro atoms. The van der Waals surface area contributed by atoms with Crippen molar-refractivity contribution in [1.82, 2.24) is 10.2 Å². The van der Waals surface area contributed by atoms with Crippen molar-refractivity contribution in [2.75, 3.05) is 26.2 Å². The third-order valence-electron chi connectivity index (χ3n) is 6.82. The maximum absolute atomic E-state index is 12.9. The summed E-state index contributed by atoms with van der Waals surface area (Å²) in [6.07, 6.45) is 5.90. The number of carbonyl (C=O) groups is 2. The Hall–Kier alpha value is -2.04.